The van der Waals surface area contributed by atoms with Crippen LogP contribution in [0.25, 0.3) is 0 Å². The normalized spacial score (nSPS) is 24.1. The summed E-state index contributed by atoms with van der Waals surface area (Å²) in [7, 11) is 1.89. The first-order valence-electron chi connectivity index (χ1n) is 8.63. The molecule has 0 spiro atoms. The first kappa shape index (κ1) is 18.9. The van der Waals surface area contributed by atoms with Gasteiger partial charge in [0.2, 0.25) is 5.91 Å². The Hall–Kier alpha value is -1.44. The number of rotatable bonds is 7. The molecule has 1 saturated heterocycles. The van der Waals surface area contributed by atoms with Gasteiger partial charge in [-0.05, 0) is 25.3 Å². The molecular formula is C17H29N3O4. The minimum atomic E-state index is -0.875. The number of hydrogen-bond acceptors (Lipinski definition) is 5. The van der Waals surface area contributed by atoms with Gasteiger partial charge in [-0.1, -0.05) is 6.92 Å². The summed E-state index contributed by atoms with van der Waals surface area (Å²) in [5.41, 5.74) is 2.16. The summed E-state index contributed by atoms with van der Waals surface area (Å²) in [5, 5.41) is 24.0. The lowest BCUT2D eigenvalue weighted by atomic mass is 9.95. The highest BCUT2D eigenvalue weighted by atomic mass is 16.5. The van der Waals surface area contributed by atoms with Crippen molar-refractivity contribution in [2.75, 3.05) is 26.3 Å². The van der Waals surface area contributed by atoms with Crippen LogP contribution in [-0.2, 0) is 23.0 Å². The topological polar surface area (TPSA) is 87.8 Å². The first-order chi connectivity index (χ1) is 11.4. The van der Waals surface area contributed by atoms with Crippen LogP contribution in [-0.4, -0.2) is 69.3 Å². The number of aliphatic hydroxyl groups is 2. The van der Waals surface area contributed by atoms with Gasteiger partial charge in [0.15, 0.2) is 0 Å². The summed E-state index contributed by atoms with van der Waals surface area (Å²) in [6.45, 7) is 5.59. The molecule has 0 aromatic carbocycles. The van der Waals surface area contributed by atoms with Gasteiger partial charge < -0.3 is 19.8 Å². The monoisotopic (exact) mass is 339 g/mol. The fourth-order valence-electron chi connectivity index (χ4n) is 3.07. The van der Waals surface area contributed by atoms with Crippen molar-refractivity contribution in [1.82, 2.24) is 14.7 Å². The molecule has 1 aromatic rings. The molecule has 136 valence electrons. The fraction of sp³-hybridized carbons (Fsp3) is 0.765. The Labute approximate surface area is 143 Å². The molecule has 7 nitrogen and oxygen atoms in total. The van der Waals surface area contributed by atoms with Gasteiger partial charge in [0, 0.05) is 38.2 Å². The Morgan fingerprint density at radius 3 is 2.83 bits per heavy atom. The van der Waals surface area contributed by atoms with Crippen LogP contribution in [0.5, 0.6) is 0 Å². The predicted octanol–water partition coefficient (Wildman–Crippen LogP) is 0.268. The van der Waals surface area contributed by atoms with Crippen LogP contribution < -0.4 is 0 Å². The van der Waals surface area contributed by atoms with Gasteiger partial charge in [-0.25, -0.2) is 0 Å². The van der Waals surface area contributed by atoms with E-state index in [1.165, 1.54) is 0 Å². The van der Waals surface area contributed by atoms with Gasteiger partial charge in [-0.15, -0.1) is 0 Å². The lowest BCUT2D eigenvalue weighted by molar-refractivity contribution is -0.142. The minimum absolute atomic E-state index is 0.0624. The summed E-state index contributed by atoms with van der Waals surface area (Å²) < 4.78 is 7.12. The van der Waals surface area contributed by atoms with Crippen LogP contribution in [0.2, 0.25) is 0 Å². The molecule has 1 amide bonds. The Bertz CT molecular complexity index is 546. The maximum absolute atomic E-state index is 12.6. The molecule has 24 heavy (non-hydrogen) atoms. The Morgan fingerprint density at radius 2 is 2.21 bits per heavy atom. The van der Waals surface area contributed by atoms with E-state index in [2.05, 4.69) is 5.10 Å². The number of ether oxygens (including phenoxy) is 1. The second-order valence-electron chi connectivity index (χ2n) is 6.57. The Kier molecular flexibility index (Phi) is 6.77. The third kappa shape index (κ3) is 4.55. The third-order valence-electron chi connectivity index (χ3n) is 4.74. The number of amides is 1. The quantitative estimate of drug-likeness (QED) is 0.744. The summed E-state index contributed by atoms with van der Waals surface area (Å²) >= 11 is 0. The van der Waals surface area contributed by atoms with Crippen LogP contribution in [0.3, 0.4) is 0 Å². The molecule has 2 N–H and O–H groups in total. The van der Waals surface area contributed by atoms with Gasteiger partial charge in [-0.3, -0.25) is 9.48 Å². The van der Waals surface area contributed by atoms with Crippen molar-refractivity contribution < 1.29 is 19.7 Å². The number of nitrogens with zero attached hydrogens (tertiary/aromatic N) is 3. The van der Waals surface area contributed by atoms with Crippen molar-refractivity contribution in [2.24, 2.45) is 13.0 Å². The molecule has 1 fully saturated rings. The molecule has 0 radical (unpaired) electrons. The molecule has 0 aliphatic carbocycles. The molecule has 3 atom stereocenters. The van der Waals surface area contributed by atoms with Crippen molar-refractivity contribution in [1.29, 1.82) is 0 Å². The standard InChI is InChI=1S/C17H29N3O4/c1-4-7-20(9-14-10-24-11-15(21)17(14)23)16(22)6-5-13-8-18-19(3)12(13)2/h8,14-15,17,21,23H,4-7,9-11H2,1-3H3/t14-,15-,17+/m1/s1. The van der Waals surface area contributed by atoms with Crippen LogP contribution in [0.1, 0.15) is 31.0 Å². The number of hydrogen-bond donors (Lipinski definition) is 2. The Balaban J connectivity index is 1.93. The van der Waals surface area contributed by atoms with Crippen LogP contribution >= 0.6 is 0 Å². The third-order valence-corrected chi connectivity index (χ3v) is 4.74. The maximum atomic E-state index is 12.6. The average Bonchev–Trinajstić information content (AvgIpc) is 2.88. The zero-order valence-electron chi connectivity index (χ0n) is 14.8. The van der Waals surface area contributed by atoms with Crippen LogP contribution in [0.15, 0.2) is 6.20 Å². The van der Waals surface area contributed by atoms with E-state index in [0.717, 1.165) is 17.7 Å². The summed E-state index contributed by atoms with van der Waals surface area (Å²) in [6, 6.07) is 0. The molecule has 2 rings (SSSR count). The molecule has 1 aliphatic heterocycles. The summed E-state index contributed by atoms with van der Waals surface area (Å²) in [6.07, 6.45) is 2.02. The Morgan fingerprint density at radius 1 is 1.46 bits per heavy atom. The lowest BCUT2D eigenvalue weighted by Crippen LogP contribution is -2.49. The highest BCUT2D eigenvalue weighted by molar-refractivity contribution is 5.76. The number of aromatic nitrogens is 2. The molecule has 1 aliphatic rings. The van der Waals surface area contributed by atoms with Gasteiger partial charge in [0.25, 0.3) is 0 Å². The highest BCUT2D eigenvalue weighted by Gasteiger charge is 2.33. The molecule has 7 heteroatoms. The van der Waals surface area contributed by atoms with Crippen molar-refractivity contribution in [3.05, 3.63) is 17.5 Å². The van der Waals surface area contributed by atoms with Gasteiger partial charge >= 0.3 is 0 Å². The highest BCUT2D eigenvalue weighted by Crippen LogP contribution is 2.18. The molecule has 1 aromatic heterocycles. The first-order valence-corrected chi connectivity index (χ1v) is 8.63. The van der Waals surface area contributed by atoms with E-state index in [1.54, 1.807) is 9.58 Å². The van der Waals surface area contributed by atoms with E-state index in [0.29, 0.717) is 32.5 Å². The maximum Gasteiger partial charge on any atom is 0.222 e. The lowest BCUT2D eigenvalue weighted by Gasteiger charge is -2.35. The average molecular weight is 339 g/mol. The van der Waals surface area contributed by atoms with Crippen molar-refractivity contribution in [3.63, 3.8) is 0 Å². The van der Waals surface area contributed by atoms with Crippen molar-refractivity contribution in [2.45, 2.75) is 45.3 Å². The fourth-order valence-corrected chi connectivity index (χ4v) is 3.07. The van der Waals surface area contributed by atoms with Gasteiger partial charge in [-0.2, -0.15) is 5.10 Å². The SMILES string of the molecule is CCCN(C[C@@H]1COC[C@@H](O)[C@H]1O)C(=O)CCc1cnn(C)c1C. The predicted molar refractivity (Wildman–Crippen MR) is 89.5 cm³/mol. The minimum Gasteiger partial charge on any atom is -0.390 e. The smallest absolute Gasteiger partial charge is 0.222 e. The van der Waals surface area contributed by atoms with Crippen molar-refractivity contribution >= 4 is 5.91 Å². The van der Waals surface area contributed by atoms with Crippen LogP contribution in [0, 0.1) is 12.8 Å². The van der Waals surface area contributed by atoms with E-state index in [4.69, 9.17) is 4.74 Å². The molecule has 0 bridgehead atoms. The zero-order valence-corrected chi connectivity index (χ0v) is 14.8. The van der Waals surface area contributed by atoms with E-state index >= 15 is 0 Å². The van der Waals surface area contributed by atoms with Gasteiger partial charge in [0.1, 0.15) is 6.10 Å². The second-order valence-corrected chi connectivity index (χ2v) is 6.57. The molecule has 2 heterocycles. The van der Waals surface area contributed by atoms with E-state index in [9.17, 15) is 15.0 Å². The zero-order chi connectivity index (χ0) is 17.7. The van der Waals surface area contributed by atoms with E-state index in [-0.39, 0.29) is 18.4 Å². The van der Waals surface area contributed by atoms with Crippen LogP contribution in [0.4, 0.5) is 0 Å². The molecule has 0 unspecified atom stereocenters. The molecular weight excluding hydrogens is 310 g/mol. The molecule has 0 saturated carbocycles. The van der Waals surface area contributed by atoms with E-state index < -0.39 is 12.2 Å². The number of carbonyl (C=O) groups is 1. The van der Waals surface area contributed by atoms with Crippen molar-refractivity contribution in [3.8, 4) is 0 Å². The number of carbonyl (C=O) groups excluding carboxylic acids is 1. The van der Waals surface area contributed by atoms with Gasteiger partial charge in [0.05, 0.1) is 25.5 Å². The summed E-state index contributed by atoms with van der Waals surface area (Å²) in [5.74, 6) is -0.184. The number of aryl methyl sites for hydroxylation is 2. The largest absolute Gasteiger partial charge is 0.390 e. The summed E-state index contributed by atoms with van der Waals surface area (Å²) in [4.78, 5) is 14.4. The number of aliphatic hydroxyl groups excluding tert-OH is 2. The second kappa shape index (κ2) is 8.60. The van der Waals surface area contributed by atoms with E-state index in [1.807, 2.05) is 27.1 Å².